The van der Waals surface area contributed by atoms with Crippen LogP contribution in [0.3, 0.4) is 0 Å². The van der Waals surface area contributed by atoms with Gasteiger partial charge in [0.25, 0.3) is 0 Å². The Balaban J connectivity index is 2.32. The van der Waals surface area contributed by atoms with E-state index in [1.165, 1.54) is 6.26 Å². The Morgan fingerprint density at radius 3 is 2.37 bits per heavy atom. The Labute approximate surface area is 114 Å². The highest BCUT2D eigenvalue weighted by atomic mass is 32.2. The van der Waals surface area contributed by atoms with Crippen LogP contribution in [0.1, 0.15) is 25.5 Å². The van der Waals surface area contributed by atoms with Gasteiger partial charge in [0, 0.05) is 6.04 Å². The van der Waals surface area contributed by atoms with Gasteiger partial charge in [0.15, 0.2) is 11.5 Å². The highest BCUT2D eigenvalue weighted by molar-refractivity contribution is 7.88. The Morgan fingerprint density at radius 2 is 1.79 bits per heavy atom. The van der Waals surface area contributed by atoms with Crippen LogP contribution in [0, 0.1) is 5.92 Å². The van der Waals surface area contributed by atoms with Crippen molar-refractivity contribution in [3.05, 3.63) is 23.8 Å². The largest absolute Gasteiger partial charge is 0.486 e. The van der Waals surface area contributed by atoms with Gasteiger partial charge < -0.3 is 9.47 Å². The molecule has 1 aliphatic rings. The summed E-state index contributed by atoms with van der Waals surface area (Å²) in [5.74, 6) is 1.51. The van der Waals surface area contributed by atoms with Gasteiger partial charge in [-0.05, 0) is 23.6 Å². The quantitative estimate of drug-likeness (QED) is 0.914. The lowest BCUT2D eigenvalue weighted by atomic mass is 9.97. The van der Waals surface area contributed by atoms with Crippen LogP contribution < -0.4 is 14.2 Å². The molecule has 2 rings (SSSR count). The van der Waals surface area contributed by atoms with Gasteiger partial charge in [0.05, 0.1) is 6.26 Å². The molecule has 1 aromatic rings. The van der Waals surface area contributed by atoms with E-state index in [9.17, 15) is 8.42 Å². The number of hydrogen-bond acceptors (Lipinski definition) is 4. The number of nitrogens with one attached hydrogen (secondary N) is 1. The van der Waals surface area contributed by atoms with Gasteiger partial charge in [0.1, 0.15) is 13.2 Å². The molecule has 0 radical (unpaired) electrons. The molecule has 1 aliphatic heterocycles. The molecule has 0 unspecified atom stereocenters. The molecule has 0 aliphatic carbocycles. The van der Waals surface area contributed by atoms with E-state index in [-0.39, 0.29) is 12.0 Å². The number of ether oxygens (including phenoxy) is 2. The van der Waals surface area contributed by atoms with E-state index in [4.69, 9.17) is 9.47 Å². The second-order valence-electron chi connectivity index (χ2n) is 5.01. The van der Waals surface area contributed by atoms with E-state index < -0.39 is 10.0 Å². The second kappa shape index (κ2) is 5.38. The fourth-order valence-corrected chi connectivity index (χ4v) is 2.94. The molecule has 0 aromatic heterocycles. The van der Waals surface area contributed by atoms with Crippen molar-refractivity contribution < 1.29 is 17.9 Å². The summed E-state index contributed by atoms with van der Waals surface area (Å²) >= 11 is 0. The zero-order valence-electron chi connectivity index (χ0n) is 11.3. The summed E-state index contributed by atoms with van der Waals surface area (Å²) in [6.45, 7) is 5.00. The van der Waals surface area contributed by atoms with Crippen LogP contribution in [0.25, 0.3) is 0 Å². The second-order valence-corrected chi connectivity index (χ2v) is 6.79. The van der Waals surface area contributed by atoms with Gasteiger partial charge in [-0.3, -0.25) is 0 Å². The molecule has 5 nitrogen and oxygen atoms in total. The van der Waals surface area contributed by atoms with E-state index in [1.54, 1.807) is 0 Å². The lowest BCUT2D eigenvalue weighted by molar-refractivity contribution is 0.171. The van der Waals surface area contributed by atoms with Crippen molar-refractivity contribution >= 4 is 10.0 Å². The summed E-state index contributed by atoms with van der Waals surface area (Å²) in [5, 5.41) is 0. The first-order valence-electron chi connectivity index (χ1n) is 6.23. The molecule has 1 N–H and O–H groups in total. The van der Waals surface area contributed by atoms with Crippen molar-refractivity contribution in [2.24, 2.45) is 5.92 Å². The SMILES string of the molecule is CC(C)[C@@H](NS(C)(=O)=O)c1ccc2c(c1)OCCO2. The maximum absolute atomic E-state index is 11.4. The zero-order valence-corrected chi connectivity index (χ0v) is 12.2. The Hall–Kier alpha value is -1.27. The van der Waals surface area contributed by atoms with E-state index in [2.05, 4.69) is 4.72 Å². The van der Waals surface area contributed by atoms with Crippen LogP contribution in [0.15, 0.2) is 18.2 Å². The third kappa shape index (κ3) is 3.61. The molecule has 0 saturated carbocycles. The number of hydrogen-bond donors (Lipinski definition) is 1. The number of rotatable bonds is 4. The third-order valence-corrected chi connectivity index (χ3v) is 3.62. The summed E-state index contributed by atoms with van der Waals surface area (Å²) in [6, 6.07) is 5.27. The number of benzene rings is 1. The van der Waals surface area contributed by atoms with E-state index in [1.807, 2.05) is 32.0 Å². The zero-order chi connectivity index (χ0) is 14.0. The van der Waals surface area contributed by atoms with Gasteiger partial charge in [-0.25, -0.2) is 13.1 Å². The number of sulfonamides is 1. The molecule has 1 heterocycles. The average molecular weight is 285 g/mol. The molecule has 0 bridgehead atoms. The summed E-state index contributed by atoms with van der Waals surface area (Å²) in [7, 11) is -3.26. The standard InChI is InChI=1S/C13H19NO4S/c1-9(2)13(14-19(3,15)16)10-4-5-11-12(8-10)18-7-6-17-11/h4-5,8-9,13-14H,6-7H2,1-3H3/t13-/m1/s1. The van der Waals surface area contributed by atoms with E-state index in [0.29, 0.717) is 24.7 Å². The smallest absolute Gasteiger partial charge is 0.209 e. The van der Waals surface area contributed by atoms with Crippen molar-refractivity contribution in [3.63, 3.8) is 0 Å². The van der Waals surface area contributed by atoms with Crippen molar-refractivity contribution in [1.82, 2.24) is 4.72 Å². The van der Waals surface area contributed by atoms with E-state index in [0.717, 1.165) is 5.56 Å². The van der Waals surface area contributed by atoms with Crippen LogP contribution in [0.5, 0.6) is 11.5 Å². The lowest BCUT2D eigenvalue weighted by Gasteiger charge is -2.24. The first-order chi connectivity index (χ1) is 8.87. The number of fused-ring (bicyclic) bond motifs is 1. The predicted molar refractivity (Wildman–Crippen MR) is 73.0 cm³/mol. The molecule has 106 valence electrons. The van der Waals surface area contributed by atoms with Crippen molar-refractivity contribution in [3.8, 4) is 11.5 Å². The summed E-state index contributed by atoms with van der Waals surface area (Å²) in [6.07, 6.45) is 1.17. The Bertz CT molecular complexity index is 554. The maximum atomic E-state index is 11.4. The molecule has 0 amide bonds. The van der Waals surface area contributed by atoms with Crippen LogP contribution in [-0.2, 0) is 10.0 Å². The summed E-state index contributed by atoms with van der Waals surface area (Å²) < 4.78 is 36.5. The summed E-state index contributed by atoms with van der Waals surface area (Å²) in [4.78, 5) is 0. The first-order valence-corrected chi connectivity index (χ1v) is 8.13. The molecule has 19 heavy (non-hydrogen) atoms. The lowest BCUT2D eigenvalue weighted by Crippen LogP contribution is -2.31. The van der Waals surface area contributed by atoms with E-state index >= 15 is 0 Å². The van der Waals surface area contributed by atoms with Gasteiger partial charge in [-0.1, -0.05) is 19.9 Å². The molecule has 6 heteroatoms. The Morgan fingerprint density at radius 1 is 1.16 bits per heavy atom. The van der Waals surface area contributed by atoms with Crippen molar-refractivity contribution in [2.75, 3.05) is 19.5 Å². The maximum Gasteiger partial charge on any atom is 0.209 e. The molecular formula is C13H19NO4S. The molecule has 0 saturated heterocycles. The van der Waals surface area contributed by atoms with Crippen molar-refractivity contribution in [1.29, 1.82) is 0 Å². The van der Waals surface area contributed by atoms with Crippen LogP contribution in [0.2, 0.25) is 0 Å². The van der Waals surface area contributed by atoms with Gasteiger partial charge >= 0.3 is 0 Å². The minimum atomic E-state index is -3.26. The molecule has 1 atom stereocenters. The summed E-state index contributed by atoms with van der Waals surface area (Å²) in [5.41, 5.74) is 0.879. The average Bonchev–Trinajstić information content (AvgIpc) is 2.34. The third-order valence-electron chi connectivity index (χ3n) is 2.93. The molecule has 0 spiro atoms. The van der Waals surface area contributed by atoms with Gasteiger partial charge in [0.2, 0.25) is 10.0 Å². The molecule has 1 aromatic carbocycles. The van der Waals surface area contributed by atoms with Gasteiger partial charge in [-0.2, -0.15) is 0 Å². The van der Waals surface area contributed by atoms with Gasteiger partial charge in [-0.15, -0.1) is 0 Å². The van der Waals surface area contributed by atoms with Crippen LogP contribution >= 0.6 is 0 Å². The monoisotopic (exact) mass is 285 g/mol. The van der Waals surface area contributed by atoms with Crippen LogP contribution in [-0.4, -0.2) is 27.9 Å². The van der Waals surface area contributed by atoms with Crippen molar-refractivity contribution in [2.45, 2.75) is 19.9 Å². The highest BCUT2D eigenvalue weighted by Gasteiger charge is 2.22. The fraction of sp³-hybridized carbons (Fsp3) is 0.538. The minimum absolute atomic E-state index is 0.136. The molecular weight excluding hydrogens is 266 g/mol. The topological polar surface area (TPSA) is 64.6 Å². The predicted octanol–water partition coefficient (Wildman–Crippen LogP) is 1.70. The first kappa shape index (κ1) is 14.1. The Kier molecular flexibility index (Phi) is 4.01. The minimum Gasteiger partial charge on any atom is -0.486 e. The fourth-order valence-electron chi connectivity index (χ4n) is 2.07. The highest BCUT2D eigenvalue weighted by Crippen LogP contribution is 2.34. The van der Waals surface area contributed by atoms with Crippen LogP contribution in [0.4, 0.5) is 0 Å². The normalized spacial score (nSPS) is 16.4. The molecule has 0 fully saturated rings.